The SMILES string of the molecule is O=C(CSc1nnnn1C1CC1)N1CCCC(O)C1. The van der Waals surface area contributed by atoms with Crippen molar-refractivity contribution in [3.63, 3.8) is 0 Å². The number of β-amino-alcohol motifs (C(OH)–C–C–N with tert-alkyl or cyclic N) is 1. The Morgan fingerprint density at radius 2 is 2.26 bits per heavy atom. The minimum absolute atomic E-state index is 0.0501. The summed E-state index contributed by atoms with van der Waals surface area (Å²) in [5, 5.41) is 21.9. The number of hydrogen-bond acceptors (Lipinski definition) is 6. The molecule has 2 heterocycles. The molecule has 0 radical (unpaired) electrons. The Bertz CT molecular complexity index is 462. The summed E-state index contributed by atoms with van der Waals surface area (Å²) in [6, 6.07) is 0.421. The lowest BCUT2D eigenvalue weighted by molar-refractivity contribution is -0.131. The third-order valence-electron chi connectivity index (χ3n) is 3.43. The van der Waals surface area contributed by atoms with Gasteiger partial charge in [-0.25, -0.2) is 4.68 Å². The van der Waals surface area contributed by atoms with Crippen LogP contribution in [0, 0.1) is 0 Å². The maximum absolute atomic E-state index is 12.1. The molecule has 1 amide bonds. The Kier molecular flexibility index (Phi) is 3.69. The predicted octanol–water partition coefficient (Wildman–Crippen LogP) is 0.0834. The number of amides is 1. The van der Waals surface area contributed by atoms with Gasteiger partial charge in [-0.2, -0.15) is 0 Å². The second-order valence-corrected chi connectivity index (χ2v) is 6.00. The van der Waals surface area contributed by atoms with Gasteiger partial charge in [-0.15, -0.1) is 5.10 Å². The van der Waals surface area contributed by atoms with Crippen molar-refractivity contribution in [1.82, 2.24) is 25.1 Å². The standard InChI is InChI=1S/C11H17N5O2S/c17-9-2-1-5-15(6-9)10(18)7-19-11-12-13-14-16(11)8-3-4-8/h8-9,17H,1-7H2. The van der Waals surface area contributed by atoms with E-state index in [1.54, 1.807) is 4.90 Å². The van der Waals surface area contributed by atoms with Crippen molar-refractivity contribution >= 4 is 17.7 Å². The number of likely N-dealkylation sites (tertiary alicyclic amines) is 1. The number of carbonyl (C=O) groups is 1. The highest BCUT2D eigenvalue weighted by molar-refractivity contribution is 7.99. The largest absolute Gasteiger partial charge is 0.391 e. The van der Waals surface area contributed by atoms with Gasteiger partial charge in [0.25, 0.3) is 0 Å². The molecule has 1 aliphatic heterocycles. The molecule has 0 aromatic carbocycles. The molecule has 1 saturated carbocycles. The Balaban J connectivity index is 1.53. The van der Waals surface area contributed by atoms with Crippen LogP contribution in [-0.2, 0) is 4.79 Å². The second-order valence-electron chi connectivity index (χ2n) is 5.06. The van der Waals surface area contributed by atoms with Crippen LogP contribution in [0.2, 0.25) is 0 Å². The van der Waals surface area contributed by atoms with Gasteiger partial charge in [0.05, 0.1) is 17.9 Å². The summed E-state index contributed by atoms with van der Waals surface area (Å²) in [6.45, 7) is 1.19. The fourth-order valence-electron chi connectivity index (χ4n) is 2.23. The van der Waals surface area contributed by atoms with Crippen molar-refractivity contribution in [2.24, 2.45) is 0 Å². The zero-order chi connectivity index (χ0) is 13.2. The van der Waals surface area contributed by atoms with Crippen molar-refractivity contribution < 1.29 is 9.90 Å². The molecule has 1 saturated heterocycles. The highest BCUT2D eigenvalue weighted by atomic mass is 32.2. The summed E-state index contributed by atoms with van der Waals surface area (Å²) in [5.41, 5.74) is 0. The number of hydrogen-bond donors (Lipinski definition) is 1. The van der Waals surface area contributed by atoms with Crippen LogP contribution in [0.25, 0.3) is 0 Å². The van der Waals surface area contributed by atoms with Crippen LogP contribution in [0.4, 0.5) is 0 Å². The van der Waals surface area contributed by atoms with Crippen molar-refractivity contribution in [3.8, 4) is 0 Å². The van der Waals surface area contributed by atoms with Crippen LogP contribution < -0.4 is 0 Å². The minimum atomic E-state index is -0.375. The summed E-state index contributed by atoms with van der Waals surface area (Å²) < 4.78 is 1.81. The summed E-state index contributed by atoms with van der Waals surface area (Å²) in [7, 11) is 0. The van der Waals surface area contributed by atoms with Gasteiger partial charge in [0.2, 0.25) is 11.1 Å². The number of nitrogens with zero attached hydrogens (tertiary/aromatic N) is 5. The Morgan fingerprint density at radius 1 is 1.42 bits per heavy atom. The Morgan fingerprint density at radius 3 is 3.00 bits per heavy atom. The first-order chi connectivity index (χ1) is 9.24. The molecule has 1 unspecified atom stereocenters. The molecule has 0 spiro atoms. The zero-order valence-corrected chi connectivity index (χ0v) is 11.4. The molecular weight excluding hydrogens is 266 g/mol. The molecule has 8 heteroatoms. The Hall–Kier alpha value is -1.15. The van der Waals surface area contributed by atoms with E-state index in [2.05, 4.69) is 15.5 Å². The monoisotopic (exact) mass is 283 g/mol. The van der Waals surface area contributed by atoms with Gasteiger partial charge in [-0.05, 0) is 36.1 Å². The molecule has 2 fully saturated rings. The van der Waals surface area contributed by atoms with E-state index in [-0.39, 0.29) is 12.0 Å². The van der Waals surface area contributed by atoms with E-state index in [4.69, 9.17) is 0 Å². The van der Waals surface area contributed by atoms with Gasteiger partial charge >= 0.3 is 0 Å². The average molecular weight is 283 g/mol. The van der Waals surface area contributed by atoms with Crippen molar-refractivity contribution in [2.75, 3.05) is 18.8 Å². The topological polar surface area (TPSA) is 84.1 Å². The first-order valence-corrected chi connectivity index (χ1v) is 7.59. The van der Waals surface area contributed by atoms with Crippen LogP contribution in [0.15, 0.2) is 5.16 Å². The fourth-order valence-corrected chi connectivity index (χ4v) is 3.07. The first kappa shape index (κ1) is 12.9. The van der Waals surface area contributed by atoms with E-state index >= 15 is 0 Å². The van der Waals surface area contributed by atoms with E-state index < -0.39 is 0 Å². The van der Waals surface area contributed by atoms with Gasteiger partial charge in [-0.3, -0.25) is 4.79 Å². The van der Waals surface area contributed by atoms with Crippen molar-refractivity contribution in [1.29, 1.82) is 0 Å². The van der Waals surface area contributed by atoms with Crippen LogP contribution in [0.3, 0.4) is 0 Å². The minimum Gasteiger partial charge on any atom is -0.391 e. The van der Waals surface area contributed by atoms with E-state index in [0.29, 0.717) is 23.5 Å². The number of aliphatic hydroxyl groups is 1. The summed E-state index contributed by atoms with van der Waals surface area (Å²) >= 11 is 1.38. The highest BCUT2D eigenvalue weighted by Crippen LogP contribution is 2.36. The first-order valence-electron chi connectivity index (χ1n) is 6.60. The molecule has 1 aromatic rings. The van der Waals surface area contributed by atoms with Gasteiger partial charge in [0, 0.05) is 13.1 Å². The molecule has 19 heavy (non-hydrogen) atoms. The lowest BCUT2D eigenvalue weighted by Gasteiger charge is -2.29. The number of tetrazole rings is 1. The normalized spacial score (nSPS) is 23.6. The molecular formula is C11H17N5O2S. The molecule has 1 aromatic heterocycles. The van der Waals surface area contributed by atoms with Crippen molar-refractivity contribution in [3.05, 3.63) is 0 Å². The van der Waals surface area contributed by atoms with Gasteiger partial charge in [-0.1, -0.05) is 11.8 Å². The van der Waals surface area contributed by atoms with Crippen LogP contribution >= 0.6 is 11.8 Å². The smallest absolute Gasteiger partial charge is 0.233 e. The van der Waals surface area contributed by atoms with E-state index in [9.17, 15) is 9.90 Å². The molecule has 104 valence electrons. The number of rotatable bonds is 4. The molecule has 0 bridgehead atoms. The van der Waals surface area contributed by atoms with Crippen LogP contribution in [-0.4, -0.2) is 61.1 Å². The summed E-state index contributed by atoms with van der Waals surface area (Å²) in [4.78, 5) is 13.8. The highest BCUT2D eigenvalue weighted by Gasteiger charge is 2.28. The number of piperidine rings is 1. The maximum Gasteiger partial charge on any atom is 0.233 e. The van der Waals surface area contributed by atoms with Gasteiger partial charge in [0.15, 0.2) is 0 Å². The van der Waals surface area contributed by atoms with Crippen LogP contribution in [0.1, 0.15) is 31.7 Å². The number of thioether (sulfide) groups is 1. The number of aliphatic hydroxyl groups excluding tert-OH is 1. The average Bonchev–Trinajstić information content (AvgIpc) is 3.15. The Labute approximate surface area is 115 Å². The fraction of sp³-hybridized carbons (Fsp3) is 0.818. The van der Waals surface area contributed by atoms with E-state index in [1.165, 1.54) is 11.8 Å². The number of carbonyl (C=O) groups excluding carboxylic acids is 1. The lowest BCUT2D eigenvalue weighted by Crippen LogP contribution is -2.43. The molecule has 1 aliphatic carbocycles. The number of aromatic nitrogens is 4. The van der Waals surface area contributed by atoms with E-state index in [1.807, 2.05) is 4.68 Å². The van der Waals surface area contributed by atoms with Gasteiger partial charge in [0.1, 0.15) is 0 Å². The second kappa shape index (κ2) is 5.46. The molecule has 2 aliphatic rings. The van der Waals surface area contributed by atoms with Gasteiger partial charge < -0.3 is 10.0 Å². The summed E-state index contributed by atoms with van der Waals surface area (Å²) in [5.74, 6) is 0.383. The quantitative estimate of drug-likeness (QED) is 0.788. The van der Waals surface area contributed by atoms with Crippen LogP contribution in [0.5, 0.6) is 0 Å². The third kappa shape index (κ3) is 3.06. The molecule has 1 N–H and O–H groups in total. The predicted molar refractivity (Wildman–Crippen MR) is 68.6 cm³/mol. The third-order valence-corrected chi connectivity index (χ3v) is 4.35. The molecule has 7 nitrogen and oxygen atoms in total. The summed E-state index contributed by atoms with van der Waals surface area (Å²) in [6.07, 6.45) is 3.52. The molecule has 3 rings (SSSR count). The van der Waals surface area contributed by atoms with E-state index in [0.717, 1.165) is 32.2 Å². The lowest BCUT2D eigenvalue weighted by atomic mass is 10.1. The maximum atomic E-state index is 12.1. The molecule has 1 atom stereocenters. The van der Waals surface area contributed by atoms with Crippen molar-refractivity contribution in [2.45, 2.75) is 43.0 Å². The zero-order valence-electron chi connectivity index (χ0n) is 10.6.